The lowest BCUT2D eigenvalue weighted by Gasteiger charge is -2.25. The number of benzene rings is 2. The van der Waals surface area contributed by atoms with Crippen LogP contribution in [0.1, 0.15) is 51.1 Å². The standard InChI is InChI=1S/C22H21N3O2S/c26-20-14-6-2-3-7-15(14)21(27)18-16(20)8-9-17-19(18)24-22(23-17)28-13-12-25-10-4-1-5-11-25/h2-3,6-9H,1,4-5,10-13H2,(H,23,24). The second-order valence-corrected chi connectivity index (χ2v) is 8.46. The van der Waals surface area contributed by atoms with Crippen molar-refractivity contribution in [1.29, 1.82) is 0 Å². The number of ketones is 2. The first-order valence-electron chi connectivity index (χ1n) is 9.78. The molecule has 0 amide bonds. The van der Waals surface area contributed by atoms with Crippen molar-refractivity contribution >= 4 is 34.4 Å². The lowest BCUT2D eigenvalue weighted by atomic mass is 9.83. The third kappa shape index (κ3) is 2.97. The second-order valence-electron chi connectivity index (χ2n) is 7.38. The van der Waals surface area contributed by atoms with E-state index in [0.717, 1.165) is 23.0 Å². The third-order valence-corrected chi connectivity index (χ3v) is 6.47. The minimum absolute atomic E-state index is 0.0963. The number of likely N-dealkylation sites (tertiary alicyclic amines) is 1. The van der Waals surface area contributed by atoms with Crippen LogP contribution in [0.2, 0.25) is 0 Å². The smallest absolute Gasteiger partial charge is 0.196 e. The molecule has 5 nitrogen and oxygen atoms in total. The van der Waals surface area contributed by atoms with E-state index in [1.807, 2.05) is 6.07 Å². The molecule has 2 aromatic carbocycles. The molecular formula is C22H21N3O2S. The molecule has 1 aliphatic heterocycles. The van der Waals surface area contributed by atoms with E-state index in [1.165, 1.54) is 32.4 Å². The van der Waals surface area contributed by atoms with Gasteiger partial charge >= 0.3 is 0 Å². The van der Waals surface area contributed by atoms with Crippen LogP contribution < -0.4 is 0 Å². The van der Waals surface area contributed by atoms with Gasteiger partial charge in [0.2, 0.25) is 0 Å². The highest BCUT2D eigenvalue weighted by Crippen LogP contribution is 2.32. The van der Waals surface area contributed by atoms with Crippen molar-refractivity contribution < 1.29 is 9.59 Å². The number of piperidine rings is 1. The van der Waals surface area contributed by atoms with Crippen molar-refractivity contribution in [3.63, 3.8) is 0 Å². The average molecular weight is 391 g/mol. The zero-order valence-corrected chi connectivity index (χ0v) is 16.3. The molecule has 1 fully saturated rings. The van der Waals surface area contributed by atoms with Crippen LogP contribution in [0, 0.1) is 0 Å². The zero-order chi connectivity index (χ0) is 19.1. The molecule has 1 aromatic heterocycles. The van der Waals surface area contributed by atoms with Gasteiger partial charge in [-0.25, -0.2) is 4.98 Å². The number of aromatic amines is 1. The SMILES string of the molecule is O=C1c2ccccc2C(=O)c2c1ccc1nc(SCCN3CCCCC3)[nH]c21. The summed E-state index contributed by atoms with van der Waals surface area (Å²) in [5, 5.41) is 0.805. The summed E-state index contributed by atoms with van der Waals surface area (Å²) in [5.41, 5.74) is 3.28. The van der Waals surface area contributed by atoms with Crippen LogP contribution in [0.4, 0.5) is 0 Å². The van der Waals surface area contributed by atoms with Gasteiger partial charge < -0.3 is 9.88 Å². The Morgan fingerprint density at radius 3 is 2.46 bits per heavy atom. The number of thioether (sulfide) groups is 1. The minimum Gasteiger partial charge on any atom is -0.332 e. The first-order valence-corrected chi connectivity index (χ1v) is 10.8. The number of carbonyl (C=O) groups excluding carboxylic acids is 2. The van der Waals surface area contributed by atoms with Crippen molar-refractivity contribution in [1.82, 2.24) is 14.9 Å². The van der Waals surface area contributed by atoms with E-state index in [2.05, 4.69) is 14.9 Å². The number of rotatable bonds is 4. The molecule has 2 heterocycles. The number of H-pyrrole nitrogens is 1. The lowest BCUT2D eigenvalue weighted by molar-refractivity contribution is 0.0980. The van der Waals surface area contributed by atoms with E-state index >= 15 is 0 Å². The highest BCUT2D eigenvalue weighted by molar-refractivity contribution is 7.99. The highest BCUT2D eigenvalue weighted by Gasteiger charge is 2.31. The van der Waals surface area contributed by atoms with E-state index in [1.54, 1.807) is 42.1 Å². The summed E-state index contributed by atoms with van der Waals surface area (Å²) >= 11 is 1.67. The van der Waals surface area contributed by atoms with Gasteiger partial charge in [0, 0.05) is 29.0 Å². The maximum atomic E-state index is 13.1. The van der Waals surface area contributed by atoms with Gasteiger partial charge in [-0.05, 0) is 38.1 Å². The minimum atomic E-state index is -0.107. The number of hydrogen-bond acceptors (Lipinski definition) is 5. The molecule has 28 heavy (non-hydrogen) atoms. The van der Waals surface area contributed by atoms with E-state index in [0.29, 0.717) is 27.8 Å². The molecule has 142 valence electrons. The van der Waals surface area contributed by atoms with Crippen LogP contribution in [-0.2, 0) is 0 Å². The van der Waals surface area contributed by atoms with Gasteiger partial charge in [0.25, 0.3) is 0 Å². The molecule has 6 heteroatoms. The molecule has 2 aliphatic rings. The topological polar surface area (TPSA) is 66.1 Å². The molecular weight excluding hydrogens is 370 g/mol. The summed E-state index contributed by atoms with van der Waals surface area (Å²) in [4.78, 5) is 36.4. The molecule has 0 radical (unpaired) electrons. The summed E-state index contributed by atoms with van der Waals surface area (Å²) in [6, 6.07) is 10.6. The Hall–Kier alpha value is -2.44. The Morgan fingerprint density at radius 1 is 0.929 bits per heavy atom. The summed E-state index contributed by atoms with van der Waals surface area (Å²) < 4.78 is 0. The number of nitrogens with one attached hydrogen (secondary N) is 1. The van der Waals surface area contributed by atoms with Crippen LogP contribution >= 0.6 is 11.8 Å². The number of aromatic nitrogens is 2. The summed E-state index contributed by atoms with van der Waals surface area (Å²) in [6.45, 7) is 3.42. The first kappa shape index (κ1) is 17.6. The predicted octanol–water partition coefficient (Wildman–Crippen LogP) is 3.92. The molecule has 1 aliphatic carbocycles. The monoisotopic (exact) mass is 391 g/mol. The molecule has 0 saturated carbocycles. The Morgan fingerprint density at radius 2 is 1.68 bits per heavy atom. The quantitative estimate of drug-likeness (QED) is 0.534. The summed E-state index contributed by atoms with van der Waals surface area (Å²) in [7, 11) is 0. The van der Waals surface area contributed by atoms with Gasteiger partial charge in [0.15, 0.2) is 16.7 Å². The fourth-order valence-corrected chi connectivity index (χ4v) is 5.04. The van der Waals surface area contributed by atoms with Gasteiger partial charge in [0.1, 0.15) is 0 Å². The Bertz CT molecular complexity index is 1080. The van der Waals surface area contributed by atoms with Crippen molar-refractivity contribution in [3.05, 3.63) is 58.7 Å². The average Bonchev–Trinajstić information content (AvgIpc) is 3.15. The fourth-order valence-electron chi connectivity index (χ4n) is 4.16. The number of nitrogens with zero attached hydrogens (tertiary/aromatic N) is 2. The largest absolute Gasteiger partial charge is 0.332 e. The summed E-state index contributed by atoms with van der Waals surface area (Å²) in [5.74, 6) is 0.753. The Balaban J connectivity index is 1.43. The molecule has 1 N–H and O–H groups in total. The van der Waals surface area contributed by atoms with Crippen LogP contribution in [0.3, 0.4) is 0 Å². The predicted molar refractivity (Wildman–Crippen MR) is 110 cm³/mol. The van der Waals surface area contributed by atoms with Crippen LogP contribution in [-0.4, -0.2) is 51.8 Å². The van der Waals surface area contributed by atoms with Crippen LogP contribution in [0.5, 0.6) is 0 Å². The van der Waals surface area contributed by atoms with Gasteiger partial charge in [0.05, 0.1) is 16.6 Å². The Labute approximate surface area is 167 Å². The van der Waals surface area contributed by atoms with Crippen LogP contribution in [0.25, 0.3) is 11.0 Å². The lowest BCUT2D eigenvalue weighted by Crippen LogP contribution is -2.31. The normalized spacial score (nSPS) is 17.0. The van der Waals surface area contributed by atoms with E-state index in [4.69, 9.17) is 0 Å². The highest BCUT2D eigenvalue weighted by atomic mass is 32.2. The maximum Gasteiger partial charge on any atom is 0.196 e. The van der Waals surface area contributed by atoms with Crippen molar-refractivity contribution in [2.45, 2.75) is 24.4 Å². The van der Waals surface area contributed by atoms with Crippen molar-refractivity contribution in [2.75, 3.05) is 25.4 Å². The molecule has 3 aromatic rings. The van der Waals surface area contributed by atoms with E-state index < -0.39 is 0 Å². The van der Waals surface area contributed by atoms with E-state index in [9.17, 15) is 9.59 Å². The molecule has 1 saturated heterocycles. The fraction of sp³-hybridized carbons (Fsp3) is 0.318. The molecule has 0 unspecified atom stereocenters. The maximum absolute atomic E-state index is 13.1. The number of fused-ring (bicyclic) bond motifs is 4. The number of carbonyl (C=O) groups is 2. The number of hydrogen-bond donors (Lipinski definition) is 1. The zero-order valence-electron chi connectivity index (χ0n) is 15.5. The molecule has 5 rings (SSSR count). The molecule has 0 spiro atoms. The van der Waals surface area contributed by atoms with Gasteiger partial charge in [-0.1, -0.05) is 42.4 Å². The summed E-state index contributed by atoms with van der Waals surface area (Å²) in [6.07, 6.45) is 3.92. The number of imidazole rings is 1. The second kappa shape index (κ2) is 7.18. The van der Waals surface area contributed by atoms with Crippen molar-refractivity contribution in [2.24, 2.45) is 0 Å². The van der Waals surface area contributed by atoms with Gasteiger partial charge in [-0.3, -0.25) is 9.59 Å². The van der Waals surface area contributed by atoms with Gasteiger partial charge in [-0.15, -0.1) is 0 Å². The molecule has 0 atom stereocenters. The Kier molecular flexibility index (Phi) is 4.53. The van der Waals surface area contributed by atoms with Crippen molar-refractivity contribution in [3.8, 4) is 0 Å². The van der Waals surface area contributed by atoms with Gasteiger partial charge in [-0.2, -0.15) is 0 Å². The molecule has 0 bridgehead atoms. The first-order chi connectivity index (χ1) is 13.7. The van der Waals surface area contributed by atoms with Crippen LogP contribution in [0.15, 0.2) is 41.6 Å². The van der Waals surface area contributed by atoms with E-state index in [-0.39, 0.29) is 11.6 Å². The third-order valence-electron chi connectivity index (χ3n) is 5.62.